The minimum atomic E-state index is -0.181. The Bertz CT molecular complexity index is 797. The van der Waals surface area contributed by atoms with Gasteiger partial charge in [0.25, 0.3) is 0 Å². The Morgan fingerprint density at radius 1 is 1.29 bits per heavy atom. The van der Waals surface area contributed by atoms with Gasteiger partial charge in [-0.05, 0) is 43.3 Å². The number of carbonyl (C=O) groups excluding carboxylic acids is 1. The molecule has 0 saturated carbocycles. The van der Waals surface area contributed by atoms with Crippen molar-refractivity contribution in [3.8, 4) is 11.4 Å². The fraction of sp³-hybridized carbons (Fsp3) is 0.235. The van der Waals surface area contributed by atoms with E-state index in [-0.39, 0.29) is 18.4 Å². The lowest BCUT2D eigenvalue weighted by Gasteiger charge is -2.10. The van der Waals surface area contributed by atoms with Crippen molar-refractivity contribution in [3.63, 3.8) is 0 Å². The van der Waals surface area contributed by atoms with Crippen molar-refractivity contribution in [3.05, 3.63) is 59.3 Å². The first-order valence-electron chi connectivity index (χ1n) is 7.53. The van der Waals surface area contributed by atoms with Crippen molar-refractivity contribution in [2.24, 2.45) is 0 Å². The fourth-order valence-electron chi connectivity index (χ4n) is 2.22. The Kier molecular flexibility index (Phi) is 4.96. The van der Waals surface area contributed by atoms with E-state index in [1.807, 2.05) is 25.1 Å². The molecule has 124 valence electrons. The predicted molar refractivity (Wildman–Crippen MR) is 88.3 cm³/mol. The van der Waals surface area contributed by atoms with Crippen LogP contribution in [0.1, 0.15) is 31.0 Å². The van der Waals surface area contributed by atoms with Crippen molar-refractivity contribution >= 4 is 17.5 Å². The average Bonchev–Trinajstić information content (AvgIpc) is 3.25. The average molecular weight is 346 g/mol. The van der Waals surface area contributed by atoms with E-state index in [0.29, 0.717) is 28.9 Å². The molecule has 0 bridgehead atoms. The van der Waals surface area contributed by atoms with Gasteiger partial charge >= 0.3 is 0 Å². The summed E-state index contributed by atoms with van der Waals surface area (Å²) in [4.78, 5) is 16.3. The van der Waals surface area contributed by atoms with Gasteiger partial charge in [-0.2, -0.15) is 4.98 Å². The van der Waals surface area contributed by atoms with Crippen molar-refractivity contribution in [1.29, 1.82) is 0 Å². The number of aryl methyl sites for hydroxylation is 1. The summed E-state index contributed by atoms with van der Waals surface area (Å²) in [6.07, 6.45) is 2.21. The molecule has 0 spiro atoms. The largest absolute Gasteiger partial charge is 0.467 e. The van der Waals surface area contributed by atoms with Crippen LogP contribution in [0.15, 0.2) is 51.6 Å². The third-order valence-corrected chi connectivity index (χ3v) is 3.74. The van der Waals surface area contributed by atoms with Gasteiger partial charge in [-0.3, -0.25) is 4.79 Å². The molecule has 3 rings (SSSR count). The SMILES string of the molecule is CC(NC(=O)CCc1nc(-c2ccc(Cl)cc2)no1)c1ccco1. The maximum atomic E-state index is 12.0. The molecule has 2 heterocycles. The molecule has 0 radical (unpaired) electrons. The highest BCUT2D eigenvalue weighted by Crippen LogP contribution is 2.19. The zero-order valence-corrected chi connectivity index (χ0v) is 13.8. The number of benzene rings is 1. The molecular weight excluding hydrogens is 330 g/mol. The molecule has 0 aliphatic carbocycles. The number of nitrogens with zero attached hydrogens (tertiary/aromatic N) is 2. The van der Waals surface area contributed by atoms with Crippen LogP contribution < -0.4 is 5.32 Å². The third kappa shape index (κ3) is 4.02. The number of rotatable bonds is 6. The summed E-state index contributed by atoms with van der Waals surface area (Å²) in [5.74, 6) is 1.50. The highest BCUT2D eigenvalue weighted by atomic mass is 35.5. The van der Waals surface area contributed by atoms with Gasteiger partial charge in [-0.1, -0.05) is 16.8 Å². The van der Waals surface area contributed by atoms with Crippen LogP contribution in [0.2, 0.25) is 5.02 Å². The molecule has 7 heteroatoms. The summed E-state index contributed by atoms with van der Waals surface area (Å²) in [5, 5.41) is 7.42. The van der Waals surface area contributed by atoms with Gasteiger partial charge in [0, 0.05) is 23.4 Å². The van der Waals surface area contributed by atoms with Crippen molar-refractivity contribution in [2.45, 2.75) is 25.8 Å². The number of halogens is 1. The van der Waals surface area contributed by atoms with Crippen LogP contribution in [0.3, 0.4) is 0 Å². The molecule has 0 aliphatic rings. The summed E-state index contributed by atoms with van der Waals surface area (Å²) in [5.41, 5.74) is 0.810. The van der Waals surface area contributed by atoms with Gasteiger partial charge in [-0.15, -0.1) is 0 Å². The lowest BCUT2D eigenvalue weighted by atomic mass is 10.2. The molecule has 1 amide bonds. The molecule has 1 aromatic carbocycles. The number of amides is 1. The van der Waals surface area contributed by atoms with Crippen LogP contribution in [0.4, 0.5) is 0 Å². The van der Waals surface area contributed by atoms with Crippen molar-refractivity contribution in [1.82, 2.24) is 15.5 Å². The molecule has 2 aromatic heterocycles. The van der Waals surface area contributed by atoms with Gasteiger partial charge in [0.15, 0.2) is 0 Å². The van der Waals surface area contributed by atoms with Gasteiger partial charge in [0.05, 0.1) is 12.3 Å². The Labute approximate surface area is 143 Å². The maximum Gasteiger partial charge on any atom is 0.227 e. The summed E-state index contributed by atoms with van der Waals surface area (Å²) >= 11 is 5.85. The van der Waals surface area contributed by atoms with E-state index in [2.05, 4.69) is 15.5 Å². The van der Waals surface area contributed by atoms with Crippen LogP contribution in [-0.2, 0) is 11.2 Å². The number of carbonyl (C=O) groups is 1. The highest BCUT2D eigenvalue weighted by molar-refractivity contribution is 6.30. The van der Waals surface area contributed by atoms with E-state index in [0.717, 1.165) is 5.56 Å². The van der Waals surface area contributed by atoms with E-state index < -0.39 is 0 Å². The van der Waals surface area contributed by atoms with Gasteiger partial charge in [-0.25, -0.2) is 0 Å². The maximum absolute atomic E-state index is 12.0. The molecule has 0 aliphatic heterocycles. The van der Waals surface area contributed by atoms with Crippen molar-refractivity contribution in [2.75, 3.05) is 0 Å². The molecule has 1 N–H and O–H groups in total. The molecule has 24 heavy (non-hydrogen) atoms. The number of nitrogens with one attached hydrogen (secondary N) is 1. The second kappa shape index (κ2) is 7.31. The standard InChI is InChI=1S/C17H16ClN3O3/c1-11(14-3-2-10-23-14)19-15(22)8-9-16-20-17(21-24-16)12-4-6-13(18)7-5-12/h2-7,10-11H,8-9H2,1H3,(H,19,22). The van der Waals surface area contributed by atoms with Crippen LogP contribution in [0.5, 0.6) is 0 Å². The quantitative estimate of drug-likeness (QED) is 0.735. The first kappa shape index (κ1) is 16.3. The monoisotopic (exact) mass is 345 g/mol. The summed E-state index contributed by atoms with van der Waals surface area (Å²) in [6, 6.07) is 10.6. The zero-order chi connectivity index (χ0) is 16.9. The highest BCUT2D eigenvalue weighted by Gasteiger charge is 2.14. The van der Waals surface area contributed by atoms with Crippen molar-refractivity contribution < 1.29 is 13.7 Å². The predicted octanol–water partition coefficient (Wildman–Crippen LogP) is 3.79. The van der Waals surface area contributed by atoms with E-state index in [9.17, 15) is 4.79 Å². The minimum Gasteiger partial charge on any atom is -0.467 e. The number of aromatic nitrogens is 2. The normalized spacial score (nSPS) is 12.1. The number of hydrogen-bond donors (Lipinski definition) is 1. The molecule has 1 unspecified atom stereocenters. The first-order valence-corrected chi connectivity index (χ1v) is 7.91. The molecular formula is C17H16ClN3O3. The topological polar surface area (TPSA) is 81.2 Å². The third-order valence-electron chi connectivity index (χ3n) is 3.48. The molecule has 0 fully saturated rings. The lowest BCUT2D eigenvalue weighted by Crippen LogP contribution is -2.26. The number of furan rings is 1. The first-order chi connectivity index (χ1) is 11.6. The Hall–Kier alpha value is -2.60. The zero-order valence-electron chi connectivity index (χ0n) is 13.0. The minimum absolute atomic E-state index is 0.106. The molecule has 6 nitrogen and oxygen atoms in total. The van der Waals surface area contributed by atoms with Gasteiger partial charge in [0.1, 0.15) is 5.76 Å². The summed E-state index contributed by atoms with van der Waals surface area (Å²) in [7, 11) is 0. The van der Waals surface area contributed by atoms with Gasteiger partial charge in [0.2, 0.25) is 17.6 Å². The van der Waals surface area contributed by atoms with Crippen LogP contribution in [0.25, 0.3) is 11.4 Å². The Balaban J connectivity index is 1.53. The Morgan fingerprint density at radius 3 is 2.79 bits per heavy atom. The van der Waals surface area contributed by atoms with Crippen LogP contribution in [-0.4, -0.2) is 16.0 Å². The molecule has 0 saturated heterocycles. The van der Waals surface area contributed by atoms with Gasteiger partial charge < -0.3 is 14.3 Å². The molecule has 1 atom stereocenters. The molecule has 3 aromatic rings. The fourth-order valence-corrected chi connectivity index (χ4v) is 2.34. The second-order valence-electron chi connectivity index (χ2n) is 5.32. The summed E-state index contributed by atoms with van der Waals surface area (Å²) < 4.78 is 10.4. The van der Waals surface area contributed by atoms with E-state index in [1.54, 1.807) is 24.5 Å². The Morgan fingerprint density at radius 2 is 2.08 bits per heavy atom. The smallest absolute Gasteiger partial charge is 0.227 e. The van der Waals surface area contributed by atoms with Crippen LogP contribution in [0, 0.1) is 0 Å². The lowest BCUT2D eigenvalue weighted by molar-refractivity contribution is -0.121. The van der Waals surface area contributed by atoms with Crippen LogP contribution >= 0.6 is 11.6 Å². The van der Waals surface area contributed by atoms with E-state index >= 15 is 0 Å². The summed E-state index contributed by atoms with van der Waals surface area (Å²) in [6.45, 7) is 1.86. The van der Waals surface area contributed by atoms with E-state index in [1.165, 1.54) is 0 Å². The second-order valence-corrected chi connectivity index (χ2v) is 5.76. The number of hydrogen-bond acceptors (Lipinski definition) is 5. The van der Waals surface area contributed by atoms with E-state index in [4.69, 9.17) is 20.5 Å².